The Morgan fingerprint density at radius 2 is 1.65 bits per heavy atom. The van der Waals surface area contributed by atoms with Gasteiger partial charge in [0.2, 0.25) is 0 Å². The Balaban J connectivity index is 0.00000256. The molecule has 1 heterocycles. The van der Waals surface area contributed by atoms with Gasteiger partial charge in [-0.05, 0) is 38.8 Å². The zero-order valence-electron chi connectivity index (χ0n) is 11.9. The second-order valence-electron chi connectivity index (χ2n) is 5.39. The van der Waals surface area contributed by atoms with Crippen LogP contribution in [0.15, 0.2) is 0 Å². The average molecular weight is 262 g/mol. The van der Waals surface area contributed by atoms with Crippen molar-refractivity contribution in [3.8, 4) is 0 Å². The lowest BCUT2D eigenvalue weighted by molar-refractivity contribution is 0.234. The van der Waals surface area contributed by atoms with Gasteiger partial charge in [0.15, 0.2) is 0 Å². The molecule has 2 heteroatoms. The van der Waals surface area contributed by atoms with Crippen LogP contribution in [0.3, 0.4) is 0 Å². The molecule has 0 amide bonds. The summed E-state index contributed by atoms with van der Waals surface area (Å²) >= 11 is 0. The second-order valence-corrected chi connectivity index (χ2v) is 5.39. The van der Waals surface area contributed by atoms with E-state index in [0.717, 1.165) is 6.04 Å². The second kappa shape index (κ2) is 11.3. The van der Waals surface area contributed by atoms with E-state index in [1.165, 1.54) is 77.3 Å². The van der Waals surface area contributed by atoms with Gasteiger partial charge in [0, 0.05) is 6.04 Å². The Morgan fingerprint density at radius 3 is 2.35 bits per heavy atom. The molecule has 17 heavy (non-hydrogen) atoms. The molecule has 0 aromatic rings. The van der Waals surface area contributed by atoms with Gasteiger partial charge >= 0.3 is 0 Å². The van der Waals surface area contributed by atoms with Crippen molar-refractivity contribution < 1.29 is 0 Å². The quantitative estimate of drug-likeness (QED) is 0.526. The third-order valence-electron chi connectivity index (χ3n) is 3.94. The molecule has 1 unspecified atom stereocenters. The summed E-state index contributed by atoms with van der Waals surface area (Å²) in [7, 11) is 0. The number of likely N-dealkylation sites (tertiary alicyclic amines) is 1. The lowest BCUT2D eigenvalue weighted by atomic mass is 10.1. The maximum atomic E-state index is 2.77. The van der Waals surface area contributed by atoms with Crippen LogP contribution in [0.25, 0.3) is 0 Å². The Morgan fingerprint density at radius 1 is 0.941 bits per heavy atom. The summed E-state index contributed by atoms with van der Waals surface area (Å²) in [5.74, 6) is 0. The van der Waals surface area contributed by atoms with Gasteiger partial charge < -0.3 is 4.90 Å². The van der Waals surface area contributed by atoms with Crippen LogP contribution in [0, 0.1) is 0 Å². The number of halogens is 1. The van der Waals surface area contributed by atoms with Gasteiger partial charge in [-0.2, -0.15) is 0 Å². The first kappa shape index (κ1) is 17.2. The minimum atomic E-state index is 0. The summed E-state index contributed by atoms with van der Waals surface area (Å²) < 4.78 is 0. The van der Waals surface area contributed by atoms with Gasteiger partial charge in [-0.15, -0.1) is 12.4 Å². The first-order valence-electron chi connectivity index (χ1n) is 7.62. The molecule has 0 saturated carbocycles. The molecule has 1 saturated heterocycles. The molecule has 104 valence electrons. The molecule has 1 nitrogen and oxygen atoms in total. The molecule has 0 spiro atoms. The molecule has 0 radical (unpaired) electrons. The van der Waals surface area contributed by atoms with Crippen molar-refractivity contribution in [1.82, 2.24) is 4.90 Å². The molecule has 1 atom stereocenters. The summed E-state index contributed by atoms with van der Waals surface area (Å²) in [5, 5.41) is 0. The summed E-state index contributed by atoms with van der Waals surface area (Å²) in [4.78, 5) is 2.77. The monoisotopic (exact) mass is 261 g/mol. The third-order valence-corrected chi connectivity index (χ3v) is 3.94. The maximum absolute atomic E-state index is 2.77. The van der Waals surface area contributed by atoms with Crippen molar-refractivity contribution in [3.63, 3.8) is 0 Å². The molecule has 1 rings (SSSR count). The highest BCUT2D eigenvalue weighted by molar-refractivity contribution is 5.85. The summed E-state index contributed by atoms with van der Waals surface area (Å²) in [6, 6.07) is 0.936. The topological polar surface area (TPSA) is 3.24 Å². The molecule has 0 aromatic heterocycles. The van der Waals surface area contributed by atoms with Gasteiger partial charge in [-0.1, -0.05) is 52.4 Å². The number of hydrogen-bond acceptors (Lipinski definition) is 1. The molecule has 0 aliphatic carbocycles. The van der Waals surface area contributed by atoms with Crippen LogP contribution in [0.5, 0.6) is 0 Å². The largest absolute Gasteiger partial charge is 0.300 e. The zero-order chi connectivity index (χ0) is 11.6. The molecular formula is C15H32ClN. The third kappa shape index (κ3) is 7.31. The van der Waals surface area contributed by atoms with E-state index in [2.05, 4.69) is 18.7 Å². The van der Waals surface area contributed by atoms with Crippen LogP contribution in [0.2, 0.25) is 0 Å². The number of hydrogen-bond donors (Lipinski definition) is 0. The molecule has 0 N–H and O–H groups in total. The fraction of sp³-hybridized carbons (Fsp3) is 1.00. The fourth-order valence-electron chi connectivity index (χ4n) is 2.87. The van der Waals surface area contributed by atoms with Crippen molar-refractivity contribution in [2.45, 2.75) is 84.1 Å². The van der Waals surface area contributed by atoms with Crippen molar-refractivity contribution in [1.29, 1.82) is 0 Å². The first-order chi connectivity index (χ1) is 7.88. The standard InChI is InChI=1S/C15H31N.ClH/c1-3-5-7-8-9-13-16-14-10-12-15(16)11-6-4-2;/h15H,3-14H2,1-2H3;1H. The van der Waals surface area contributed by atoms with Crippen LogP contribution in [-0.2, 0) is 0 Å². The van der Waals surface area contributed by atoms with Crippen molar-refractivity contribution in [3.05, 3.63) is 0 Å². The highest BCUT2D eigenvalue weighted by Gasteiger charge is 2.22. The Kier molecular flexibility index (Phi) is 11.5. The summed E-state index contributed by atoms with van der Waals surface area (Å²) in [6.45, 7) is 7.35. The lowest BCUT2D eigenvalue weighted by Gasteiger charge is -2.24. The van der Waals surface area contributed by atoms with Crippen molar-refractivity contribution >= 4 is 12.4 Å². The van der Waals surface area contributed by atoms with Crippen LogP contribution in [-0.4, -0.2) is 24.0 Å². The highest BCUT2D eigenvalue weighted by Crippen LogP contribution is 2.22. The van der Waals surface area contributed by atoms with Crippen LogP contribution in [0.1, 0.15) is 78.1 Å². The van der Waals surface area contributed by atoms with Crippen LogP contribution >= 0.6 is 12.4 Å². The molecule has 1 aliphatic heterocycles. The van der Waals surface area contributed by atoms with E-state index in [0.29, 0.717) is 0 Å². The Bertz CT molecular complexity index is 161. The van der Waals surface area contributed by atoms with Gasteiger partial charge in [-0.25, -0.2) is 0 Å². The SMILES string of the molecule is CCCCCCCN1CCCC1CCCC.Cl. The predicted octanol–water partition coefficient (Wildman–Crippen LogP) is 5.03. The Hall–Kier alpha value is 0.250. The van der Waals surface area contributed by atoms with Crippen LogP contribution < -0.4 is 0 Å². The van der Waals surface area contributed by atoms with Crippen molar-refractivity contribution in [2.75, 3.05) is 13.1 Å². The smallest absolute Gasteiger partial charge is 0.00957 e. The number of unbranched alkanes of at least 4 members (excludes halogenated alkanes) is 5. The Labute approximate surface area is 115 Å². The molecule has 1 fully saturated rings. The predicted molar refractivity (Wildman–Crippen MR) is 80.1 cm³/mol. The van der Waals surface area contributed by atoms with Crippen molar-refractivity contribution in [2.24, 2.45) is 0 Å². The van der Waals surface area contributed by atoms with Gasteiger partial charge in [0.25, 0.3) is 0 Å². The van der Waals surface area contributed by atoms with E-state index in [9.17, 15) is 0 Å². The van der Waals surface area contributed by atoms with Gasteiger partial charge in [-0.3, -0.25) is 0 Å². The molecule has 0 bridgehead atoms. The van der Waals surface area contributed by atoms with E-state index in [-0.39, 0.29) is 12.4 Å². The van der Waals surface area contributed by atoms with E-state index in [1.807, 2.05) is 0 Å². The van der Waals surface area contributed by atoms with Gasteiger partial charge in [0.05, 0.1) is 0 Å². The zero-order valence-corrected chi connectivity index (χ0v) is 12.7. The first-order valence-corrected chi connectivity index (χ1v) is 7.62. The lowest BCUT2D eigenvalue weighted by Crippen LogP contribution is -2.30. The van der Waals surface area contributed by atoms with Gasteiger partial charge in [0.1, 0.15) is 0 Å². The van der Waals surface area contributed by atoms with E-state index >= 15 is 0 Å². The molecular weight excluding hydrogens is 230 g/mol. The van der Waals surface area contributed by atoms with E-state index in [1.54, 1.807) is 0 Å². The van der Waals surface area contributed by atoms with E-state index in [4.69, 9.17) is 0 Å². The number of rotatable bonds is 9. The minimum absolute atomic E-state index is 0. The molecule has 1 aliphatic rings. The minimum Gasteiger partial charge on any atom is -0.300 e. The number of nitrogens with zero attached hydrogens (tertiary/aromatic N) is 1. The highest BCUT2D eigenvalue weighted by atomic mass is 35.5. The maximum Gasteiger partial charge on any atom is 0.00957 e. The van der Waals surface area contributed by atoms with E-state index < -0.39 is 0 Å². The summed E-state index contributed by atoms with van der Waals surface area (Å²) in [5.41, 5.74) is 0. The average Bonchev–Trinajstić information content (AvgIpc) is 2.74. The normalized spacial score (nSPS) is 20.5. The summed E-state index contributed by atoms with van der Waals surface area (Å²) in [6.07, 6.45) is 14.3. The fourth-order valence-corrected chi connectivity index (χ4v) is 2.87. The van der Waals surface area contributed by atoms with Crippen LogP contribution in [0.4, 0.5) is 0 Å². The molecule has 0 aromatic carbocycles.